The van der Waals surface area contributed by atoms with Crippen LogP contribution in [0.15, 0.2) is 21.1 Å². The van der Waals surface area contributed by atoms with Crippen molar-refractivity contribution in [3.8, 4) is 11.5 Å². The van der Waals surface area contributed by atoms with Crippen molar-refractivity contribution < 1.29 is 18.8 Å². The number of nitrogens with one attached hydrogen (secondary N) is 1. The highest BCUT2D eigenvalue weighted by atomic mass is 79.9. The van der Waals surface area contributed by atoms with Gasteiger partial charge in [-0.25, -0.2) is 4.79 Å². The molecule has 0 saturated carbocycles. The van der Waals surface area contributed by atoms with Crippen molar-refractivity contribution in [2.45, 2.75) is 20.4 Å². The number of fused-ring (bicyclic) bond motifs is 1. The van der Waals surface area contributed by atoms with Crippen LogP contribution in [0.5, 0.6) is 11.5 Å². The van der Waals surface area contributed by atoms with Crippen LogP contribution in [0.1, 0.15) is 17.0 Å². The van der Waals surface area contributed by atoms with E-state index in [-0.39, 0.29) is 6.03 Å². The molecule has 2 aromatic rings. The fourth-order valence-electron chi connectivity index (χ4n) is 2.41. The Hall–Kier alpha value is -2.22. The first-order valence-corrected chi connectivity index (χ1v) is 8.28. The molecule has 0 spiro atoms. The van der Waals surface area contributed by atoms with Gasteiger partial charge < -0.3 is 24.2 Å². The molecule has 1 aromatic carbocycles. The van der Waals surface area contributed by atoms with Gasteiger partial charge in [-0.15, -0.1) is 0 Å². The molecule has 3 rings (SSSR count). The minimum atomic E-state index is -0.243. The molecule has 1 N–H and O–H groups in total. The number of ether oxygens (including phenoxy) is 2. The van der Waals surface area contributed by atoms with E-state index in [0.717, 1.165) is 15.7 Å². The summed E-state index contributed by atoms with van der Waals surface area (Å²) in [6.45, 7) is 5.11. The number of anilines is 1. The summed E-state index contributed by atoms with van der Waals surface area (Å²) in [7, 11) is 1.72. The lowest BCUT2D eigenvalue weighted by atomic mass is 10.2. The summed E-state index contributed by atoms with van der Waals surface area (Å²) < 4.78 is 16.9. The minimum Gasteiger partial charge on any atom is -0.486 e. The van der Waals surface area contributed by atoms with Gasteiger partial charge in [0.2, 0.25) is 0 Å². The predicted molar refractivity (Wildman–Crippen MR) is 91.6 cm³/mol. The number of aryl methyl sites for hydroxylation is 2. The van der Waals surface area contributed by atoms with Gasteiger partial charge in [0.15, 0.2) is 11.5 Å². The summed E-state index contributed by atoms with van der Waals surface area (Å²) in [6.07, 6.45) is 0. The van der Waals surface area contributed by atoms with Gasteiger partial charge in [0.1, 0.15) is 19.0 Å². The third-order valence-corrected chi connectivity index (χ3v) is 4.45. The van der Waals surface area contributed by atoms with Gasteiger partial charge in [0.25, 0.3) is 0 Å². The second-order valence-electron chi connectivity index (χ2n) is 5.56. The number of carbonyl (C=O) groups is 1. The first kappa shape index (κ1) is 16.6. The van der Waals surface area contributed by atoms with Crippen molar-refractivity contribution in [2.75, 3.05) is 25.6 Å². The summed E-state index contributed by atoms with van der Waals surface area (Å²) in [4.78, 5) is 14.0. The molecule has 0 unspecified atom stereocenters. The number of rotatable bonds is 3. The van der Waals surface area contributed by atoms with Crippen molar-refractivity contribution in [3.05, 3.63) is 33.6 Å². The molecule has 0 aliphatic carbocycles. The summed E-state index contributed by atoms with van der Waals surface area (Å²) >= 11 is 3.44. The molecule has 0 atom stereocenters. The average Bonchev–Trinajstić information content (AvgIpc) is 2.87. The average molecular weight is 396 g/mol. The molecule has 0 fully saturated rings. The Bertz CT molecular complexity index is 755. The van der Waals surface area contributed by atoms with E-state index in [9.17, 15) is 4.79 Å². The molecule has 7 nitrogen and oxygen atoms in total. The van der Waals surface area contributed by atoms with Crippen LogP contribution in [-0.4, -0.2) is 36.3 Å². The van der Waals surface area contributed by atoms with Crippen molar-refractivity contribution in [3.63, 3.8) is 0 Å². The maximum Gasteiger partial charge on any atom is 0.321 e. The summed E-state index contributed by atoms with van der Waals surface area (Å²) in [5, 5.41) is 6.77. The van der Waals surface area contributed by atoms with Crippen molar-refractivity contribution >= 4 is 27.6 Å². The Morgan fingerprint density at radius 2 is 1.96 bits per heavy atom. The maximum absolute atomic E-state index is 12.5. The first-order chi connectivity index (χ1) is 11.5. The smallest absolute Gasteiger partial charge is 0.321 e. The van der Waals surface area contributed by atoms with E-state index in [1.54, 1.807) is 24.1 Å². The lowest BCUT2D eigenvalue weighted by Gasteiger charge is -2.22. The molecule has 1 aromatic heterocycles. The lowest BCUT2D eigenvalue weighted by Crippen LogP contribution is -2.31. The van der Waals surface area contributed by atoms with Crippen LogP contribution in [0.4, 0.5) is 10.5 Å². The Morgan fingerprint density at radius 1 is 1.29 bits per heavy atom. The van der Waals surface area contributed by atoms with E-state index < -0.39 is 0 Å². The highest BCUT2D eigenvalue weighted by molar-refractivity contribution is 9.10. The number of halogens is 1. The molecule has 1 aliphatic rings. The second kappa shape index (κ2) is 6.72. The number of amides is 2. The first-order valence-electron chi connectivity index (χ1n) is 7.48. The van der Waals surface area contributed by atoms with Crippen LogP contribution >= 0.6 is 15.9 Å². The molecule has 24 heavy (non-hydrogen) atoms. The van der Waals surface area contributed by atoms with Gasteiger partial charge in [-0.2, -0.15) is 0 Å². The minimum absolute atomic E-state index is 0.243. The van der Waals surface area contributed by atoms with E-state index in [0.29, 0.717) is 42.7 Å². The SMILES string of the molecule is Cc1noc(C)c1CN(C)C(=O)Nc1cc2c(cc1Br)OCCO2. The number of hydrogen-bond donors (Lipinski definition) is 1. The Morgan fingerprint density at radius 3 is 2.58 bits per heavy atom. The zero-order chi connectivity index (χ0) is 17.3. The van der Waals surface area contributed by atoms with Gasteiger partial charge >= 0.3 is 6.03 Å². The number of hydrogen-bond acceptors (Lipinski definition) is 5. The molecule has 0 bridgehead atoms. The van der Waals surface area contributed by atoms with E-state index in [1.165, 1.54) is 0 Å². The zero-order valence-corrected chi connectivity index (χ0v) is 15.3. The van der Waals surface area contributed by atoms with Crippen LogP contribution < -0.4 is 14.8 Å². The molecule has 2 heterocycles. The maximum atomic E-state index is 12.5. The predicted octanol–water partition coefficient (Wildman–Crippen LogP) is 3.49. The van der Waals surface area contributed by atoms with Crippen LogP contribution in [0.2, 0.25) is 0 Å². The molecule has 0 saturated heterocycles. The van der Waals surface area contributed by atoms with Crippen LogP contribution in [0.3, 0.4) is 0 Å². The van der Waals surface area contributed by atoms with E-state index >= 15 is 0 Å². The van der Waals surface area contributed by atoms with Gasteiger partial charge in [-0.1, -0.05) is 5.16 Å². The molecular formula is C16H18BrN3O4. The van der Waals surface area contributed by atoms with Gasteiger partial charge in [0.05, 0.1) is 17.9 Å². The number of urea groups is 1. The molecular weight excluding hydrogens is 378 g/mol. The zero-order valence-electron chi connectivity index (χ0n) is 13.7. The largest absolute Gasteiger partial charge is 0.486 e. The highest BCUT2D eigenvalue weighted by Gasteiger charge is 2.19. The van der Waals surface area contributed by atoms with E-state index in [2.05, 4.69) is 26.4 Å². The highest BCUT2D eigenvalue weighted by Crippen LogP contribution is 2.38. The Kier molecular flexibility index (Phi) is 4.66. The van der Waals surface area contributed by atoms with Crippen molar-refractivity contribution in [1.29, 1.82) is 0 Å². The Labute approximate surface area is 148 Å². The number of nitrogens with zero attached hydrogens (tertiary/aromatic N) is 2. The molecule has 1 aliphatic heterocycles. The fraction of sp³-hybridized carbons (Fsp3) is 0.375. The topological polar surface area (TPSA) is 76.8 Å². The van der Waals surface area contributed by atoms with Crippen LogP contribution in [-0.2, 0) is 6.54 Å². The van der Waals surface area contributed by atoms with Crippen LogP contribution in [0.25, 0.3) is 0 Å². The molecule has 0 radical (unpaired) electrons. The van der Waals surface area contributed by atoms with Crippen LogP contribution in [0, 0.1) is 13.8 Å². The summed E-state index contributed by atoms with van der Waals surface area (Å²) in [6, 6.07) is 3.30. The van der Waals surface area contributed by atoms with Gasteiger partial charge in [0, 0.05) is 29.2 Å². The number of carbonyl (C=O) groups excluding carboxylic acids is 1. The van der Waals surface area contributed by atoms with Gasteiger partial charge in [-0.3, -0.25) is 0 Å². The fourth-order valence-corrected chi connectivity index (χ4v) is 2.83. The molecule has 8 heteroatoms. The molecule has 2 amide bonds. The third-order valence-electron chi connectivity index (χ3n) is 3.80. The molecule has 128 valence electrons. The Balaban J connectivity index is 1.72. The van der Waals surface area contributed by atoms with Crippen molar-refractivity contribution in [2.24, 2.45) is 0 Å². The quantitative estimate of drug-likeness (QED) is 0.860. The standard InChI is InChI=1S/C16H18BrN3O4/c1-9-11(10(2)24-19-9)8-20(3)16(21)18-13-7-15-14(6-12(13)17)22-4-5-23-15/h6-7H,4-5,8H2,1-3H3,(H,18,21). The second-order valence-corrected chi connectivity index (χ2v) is 6.42. The lowest BCUT2D eigenvalue weighted by molar-refractivity contribution is 0.171. The monoisotopic (exact) mass is 395 g/mol. The third kappa shape index (κ3) is 3.33. The summed E-state index contributed by atoms with van der Waals surface area (Å²) in [5.74, 6) is 2.00. The van der Waals surface area contributed by atoms with Gasteiger partial charge in [-0.05, 0) is 29.8 Å². The number of aromatic nitrogens is 1. The summed E-state index contributed by atoms with van der Waals surface area (Å²) in [5.41, 5.74) is 2.32. The normalized spacial score (nSPS) is 12.8. The number of benzene rings is 1. The van der Waals surface area contributed by atoms with Crippen molar-refractivity contribution in [1.82, 2.24) is 10.1 Å². The van der Waals surface area contributed by atoms with E-state index in [1.807, 2.05) is 13.8 Å². The van der Waals surface area contributed by atoms with E-state index in [4.69, 9.17) is 14.0 Å².